The standard InChI is InChI=1S/C30H32ClN5O2S/c1-17-34-35-28-30(8-9-30)33-26(19-4-2-3-5-21(19)31)25-20-14-18(15-23(20)39-27(25)36(17)28)22(37)16-32-24-6-7-29(24)10-12-38-13-11-29/h2-5,18,24,32H,6-16H2,1H3/t18-,24?/m0/s1. The molecule has 0 amide bonds. The van der Waals surface area contributed by atoms with Gasteiger partial charge in [-0.15, -0.1) is 21.5 Å². The number of hydrogen-bond donors (Lipinski definition) is 1. The van der Waals surface area contributed by atoms with Gasteiger partial charge in [0, 0.05) is 46.2 Å². The van der Waals surface area contributed by atoms with Crippen LogP contribution in [0.4, 0.5) is 0 Å². The molecule has 2 aromatic heterocycles. The van der Waals surface area contributed by atoms with E-state index in [4.69, 9.17) is 21.3 Å². The number of thiophene rings is 1. The predicted octanol–water partition coefficient (Wildman–Crippen LogP) is 4.96. The third-order valence-corrected chi connectivity index (χ3v) is 11.5. The number of ketones is 1. The zero-order valence-electron chi connectivity index (χ0n) is 22.1. The van der Waals surface area contributed by atoms with E-state index in [1.807, 2.05) is 25.1 Å². The minimum atomic E-state index is -0.345. The fourth-order valence-corrected chi connectivity index (χ4v) is 9.02. The molecular formula is C30H32ClN5O2S. The van der Waals surface area contributed by atoms with Crippen molar-refractivity contribution in [1.29, 1.82) is 0 Å². The Labute approximate surface area is 237 Å². The van der Waals surface area contributed by atoms with E-state index < -0.39 is 0 Å². The summed E-state index contributed by atoms with van der Waals surface area (Å²) in [6.45, 7) is 4.18. The van der Waals surface area contributed by atoms with Gasteiger partial charge < -0.3 is 10.1 Å². The lowest BCUT2D eigenvalue weighted by molar-refractivity contribution is -0.122. The molecule has 1 saturated heterocycles. The Balaban J connectivity index is 1.12. The largest absolute Gasteiger partial charge is 0.381 e. The minimum absolute atomic E-state index is 0.00174. The van der Waals surface area contributed by atoms with E-state index in [0.29, 0.717) is 28.8 Å². The number of ether oxygens (including phenoxy) is 1. The van der Waals surface area contributed by atoms with Crippen LogP contribution in [0.3, 0.4) is 0 Å². The third kappa shape index (κ3) is 3.68. The number of benzene rings is 1. The molecule has 2 aliphatic heterocycles. The lowest BCUT2D eigenvalue weighted by atomic mass is 9.60. The first-order valence-corrected chi connectivity index (χ1v) is 15.4. The first-order valence-electron chi connectivity index (χ1n) is 14.2. The van der Waals surface area contributed by atoms with Crippen LogP contribution >= 0.6 is 22.9 Å². The molecule has 2 saturated carbocycles. The first-order chi connectivity index (χ1) is 19.0. The molecule has 5 aliphatic rings. The number of carbonyl (C=O) groups is 1. The minimum Gasteiger partial charge on any atom is -0.381 e. The average molecular weight is 562 g/mol. The highest BCUT2D eigenvalue weighted by Gasteiger charge is 2.52. The highest BCUT2D eigenvalue weighted by Crippen LogP contribution is 2.54. The van der Waals surface area contributed by atoms with E-state index in [9.17, 15) is 4.79 Å². The summed E-state index contributed by atoms with van der Waals surface area (Å²) in [6, 6.07) is 8.43. The van der Waals surface area contributed by atoms with Gasteiger partial charge in [0.15, 0.2) is 5.82 Å². The maximum Gasteiger partial charge on any atom is 0.166 e. The van der Waals surface area contributed by atoms with Gasteiger partial charge in [-0.1, -0.05) is 29.8 Å². The SMILES string of the molecule is Cc1nnc2n1-c1sc3c(c1C(c1ccccc1Cl)=NC21CC1)C[C@H](C(=O)CNC1CCC12CCOCC2)C3. The molecule has 3 aromatic rings. The fraction of sp³-hybridized carbons (Fsp3) is 0.533. The van der Waals surface area contributed by atoms with Crippen molar-refractivity contribution in [2.24, 2.45) is 16.3 Å². The zero-order valence-corrected chi connectivity index (χ0v) is 23.7. The summed E-state index contributed by atoms with van der Waals surface area (Å²) in [6.07, 6.45) is 8.09. The highest BCUT2D eigenvalue weighted by molar-refractivity contribution is 7.15. The van der Waals surface area contributed by atoms with Gasteiger partial charge in [0.1, 0.15) is 22.1 Å². The van der Waals surface area contributed by atoms with Crippen LogP contribution in [0.1, 0.15) is 71.7 Å². The van der Waals surface area contributed by atoms with Gasteiger partial charge in [-0.05, 0) is 75.3 Å². The third-order valence-electron chi connectivity index (χ3n) is 9.95. The molecule has 0 radical (unpaired) electrons. The maximum atomic E-state index is 13.5. The molecule has 1 N–H and O–H groups in total. The van der Waals surface area contributed by atoms with E-state index in [2.05, 4.69) is 26.1 Å². The molecule has 7 nitrogen and oxygen atoms in total. The number of aryl methyl sites for hydroxylation is 1. The van der Waals surface area contributed by atoms with Gasteiger partial charge in [-0.25, -0.2) is 0 Å². The second kappa shape index (κ2) is 8.80. The average Bonchev–Trinajstić information content (AvgIpc) is 3.27. The molecule has 3 aliphatic carbocycles. The number of halogens is 1. The Bertz CT molecular complexity index is 1530. The summed E-state index contributed by atoms with van der Waals surface area (Å²) >= 11 is 8.56. The van der Waals surface area contributed by atoms with E-state index in [0.717, 1.165) is 85.2 Å². The molecular weight excluding hydrogens is 530 g/mol. The monoisotopic (exact) mass is 561 g/mol. The number of nitrogens with one attached hydrogen (secondary N) is 1. The molecule has 3 fully saturated rings. The number of aliphatic imine (C=N–C) groups is 1. The highest BCUT2D eigenvalue weighted by atomic mass is 35.5. The molecule has 8 rings (SSSR count). The number of carbonyl (C=O) groups excluding carboxylic acids is 1. The van der Waals surface area contributed by atoms with Gasteiger partial charge in [0.05, 0.1) is 12.3 Å². The summed E-state index contributed by atoms with van der Waals surface area (Å²) in [5.74, 6) is 2.14. The van der Waals surface area contributed by atoms with Crippen molar-refractivity contribution in [3.8, 4) is 5.00 Å². The van der Waals surface area contributed by atoms with Crippen molar-refractivity contribution in [2.45, 2.75) is 69.9 Å². The molecule has 202 valence electrons. The zero-order chi connectivity index (χ0) is 26.4. The Morgan fingerprint density at radius 1 is 1.15 bits per heavy atom. The second-order valence-electron chi connectivity index (χ2n) is 12.1. The van der Waals surface area contributed by atoms with Crippen molar-refractivity contribution in [1.82, 2.24) is 20.1 Å². The Morgan fingerprint density at radius 2 is 1.97 bits per heavy atom. The van der Waals surface area contributed by atoms with Crippen LogP contribution in [0, 0.1) is 18.3 Å². The van der Waals surface area contributed by atoms with Crippen molar-refractivity contribution in [3.05, 3.63) is 62.5 Å². The lowest BCUT2D eigenvalue weighted by Crippen LogP contribution is -2.56. The van der Waals surface area contributed by atoms with Crippen LogP contribution in [0.25, 0.3) is 5.00 Å². The summed E-state index contributed by atoms with van der Waals surface area (Å²) in [5.41, 5.74) is 4.27. The Hall–Kier alpha value is -2.39. The molecule has 2 atom stereocenters. The summed E-state index contributed by atoms with van der Waals surface area (Å²) in [7, 11) is 0. The van der Waals surface area contributed by atoms with Crippen molar-refractivity contribution in [2.75, 3.05) is 19.8 Å². The number of nitrogens with zero attached hydrogens (tertiary/aromatic N) is 4. The molecule has 2 spiro atoms. The molecule has 1 aromatic carbocycles. The van der Waals surface area contributed by atoms with Crippen LogP contribution in [-0.2, 0) is 27.9 Å². The molecule has 4 heterocycles. The fourth-order valence-electron chi connectivity index (χ4n) is 7.34. The molecule has 39 heavy (non-hydrogen) atoms. The van der Waals surface area contributed by atoms with Gasteiger partial charge in [-0.2, -0.15) is 0 Å². The number of fused-ring (bicyclic) bond motifs is 6. The summed E-state index contributed by atoms with van der Waals surface area (Å²) in [5, 5.41) is 14.6. The quantitative estimate of drug-likeness (QED) is 0.476. The van der Waals surface area contributed by atoms with Crippen molar-refractivity contribution >= 4 is 34.4 Å². The van der Waals surface area contributed by atoms with Crippen LogP contribution in [0.5, 0.6) is 0 Å². The van der Waals surface area contributed by atoms with Gasteiger partial charge in [0.2, 0.25) is 0 Å². The Morgan fingerprint density at radius 3 is 2.72 bits per heavy atom. The van der Waals surface area contributed by atoms with Gasteiger partial charge in [-0.3, -0.25) is 14.4 Å². The number of aromatic nitrogens is 3. The van der Waals surface area contributed by atoms with Gasteiger partial charge >= 0.3 is 0 Å². The van der Waals surface area contributed by atoms with Crippen LogP contribution in [-0.4, -0.2) is 52.1 Å². The van der Waals surface area contributed by atoms with E-state index in [-0.39, 0.29) is 11.5 Å². The van der Waals surface area contributed by atoms with Crippen LogP contribution < -0.4 is 5.32 Å². The predicted molar refractivity (Wildman–Crippen MR) is 151 cm³/mol. The molecule has 1 unspecified atom stereocenters. The summed E-state index contributed by atoms with van der Waals surface area (Å²) in [4.78, 5) is 20.2. The van der Waals surface area contributed by atoms with Crippen molar-refractivity contribution in [3.63, 3.8) is 0 Å². The lowest BCUT2D eigenvalue weighted by Gasteiger charge is -2.52. The molecule has 0 bridgehead atoms. The van der Waals surface area contributed by atoms with E-state index in [1.54, 1.807) is 11.3 Å². The smallest absolute Gasteiger partial charge is 0.166 e. The van der Waals surface area contributed by atoms with E-state index in [1.165, 1.54) is 23.3 Å². The van der Waals surface area contributed by atoms with Gasteiger partial charge in [0.25, 0.3) is 0 Å². The number of rotatable bonds is 5. The number of Topliss-reactive ketones (excluding diaryl/α,β-unsaturated/α-hetero) is 1. The van der Waals surface area contributed by atoms with Crippen molar-refractivity contribution < 1.29 is 9.53 Å². The second-order valence-corrected chi connectivity index (χ2v) is 13.6. The summed E-state index contributed by atoms with van der Waals surface area (Å²) < 4.78 is 7.83. The maximum absolute atomic E-state index is 13.5. The van der Waals surface area contributed by atoms with Crippen LogP contribution in [0.2, 0.25) is 5.02 Å². The van der Waals surface area contributed by atoms with E-state index >= 15 is 0 Å². The van der Waals surface area contributed by atoms with Crippen LogP contribution in [0.15, 0.2) is 29.3 Å². The molecule has 9 heteroatoms. The Kier molecular flexibility index (Phi) is 5.51. The number of hydrogen-bond acceptors (Lipinski definition) is 7. The normalized spacial score (nSPS) is 25.4. The topological polar surface area (TPSA) is 81.4 Å². The first kappa shape index (κ1) is 24.4.